The van der Waals surface area contributed by atoms with Crippen molar-refractivity contribution in [2.24, 2.45) is 0 Å². The second-order valence-electron chi connectivity index (χ2n) is 6.63. The standard InChI is InChI=1S/C19H21N3O2/c1-12-9-20-18-8-15(6-7-17(18)21-12)13-2-4-14(5-3-13)19(24)22-10-16(23)11-22/h2-8,12,16,20-21,23H,9-11H2,1H3/t12-/m0/s1. The van der Waals surface area contributed by atoms with Gasteiger partial charge < -0.3 is 20.6 Å². The molecule has 0 saturated carbocycles. The molecule has 2 aliphatic rings. The third-order valence-corrected chi connectivity index (χ3v) is 4.63. The smallest absolute Gasteiger partial charge is 0.254 e. The number of hydrogen-bond donors (Lipinski definition) is 3. The van der Waals surface area contributed by atoms with Gasteiger partial charge in [0.05, 0.1) is 17.5 Å². The van der Waals surface area contributed by atoms with Crippen molar-refractivity contribution in [2.45, 2.75) is 19.1 Å². The van der Waals surface area contributed by atoms with E-state index >= 15 is 0 Å². The van der Waals surface area contributed by atoms with Crippen LogP contribution in [-0.4, -0.2) is 47.7 Å². The van der Waals surface area contributed by atoms with Crippen LogP contribution in [0.2, 0.25) is 0 Å². The first-order chi connectivity index (χ1) is 11.6. The van der Waals surface area contributed by atoms with Crippen LogP contribution in [0.5, 0.6) is 0 Å². The summed E-state index contributed by atoms with van der Waals surface area (Å²) in [5.41, 5.74) is 5.10. The van der Waals surface area contributed by atoms with Crippen LogP contribution in [0.1, 0.15) is 17.3 Å². The molecule has 2 aromatic carbocycles. The average Bonchev–Trinajstić information content (AvgIpc) is 2.58. The van der Waals surface area contributed by atoms with E-state index in [0.29, 0.717) is 24.7 Å². The van der Waals surface area contributed by atoms with E-state index in [9.17, 15) is 9.90 Å². The fourth-order valence-corrected chi connectivity index (χ4v) is 3.18. The van der Waals surface area contributed by atoms with Crippen molar-refractivity contribution in [3.63, 3.8) is 0 Å². The molecule has 124 valence electrons. The summed E-state index contributed by atoms with van der Waals surface area (Å²) in [5, 5.41) is 16.2. The van der Waals surface area contributed by atoms with Gasteiger partial charge in [0.1, 0.15) is 0 Å². The van der Waals surface area contributed by atoms with E-state index in [4.69, 9.17) is 0 Å². The highest BCUT2D eigenvalue weighted by atomic mass is 16.3. The molecule has 2 aromatic rings. The molecule has 1 fully saturated rings. The number of nitrogens with one attached hydrogen (secondary N) is 2. The molecule has 0 radical (unpaired) electrons. The first kappa shape index (κ1) is 15.0. The number of hydrogen-bond acceptors (Lipinski definition) is 4. The van der Waals surface area contributed by atoms with Gasteiger partial charge in [0.2, 0.25) is 0 Å². The molecule has 1 atom stereocenters. The molecule has 24 heavy (non-hydrogen) atoms. The van der Waals surface area contributed by atoms with E-state index in [0.717, 1.165) is 29.0 Å². The number of anilines is 2. The SMILES string of the molecule is C[C@H]1CNc2cc(-c3ccc(C(=O)N4CC(O)C4)cc3)ccc2N1. The van der Waals surface area contributed by atoms with Gasteiger partial charge in [-0.05, 0) is 42.3 Å². The summed E-state index contributed by atoms with van der Waals surface area (Å²) in [5.74, 6) is -0.0165. The Morgan fingerprint density at radius 2 is 1.79 bits per heavy atom. The molecular formula is C19H21N3O2. The molecule has 2 heterocycles. The molecule has 1 saturated heterocycles. The lowest BCUT2D eigenvalue weighted by molar-refractivity contribution is 0.00590. The van der Waals surface area contributed by atoms with Crippen molar-refractivity contribution in [1.29, 1.82) is 0 Å². The fraction of sp³-hybridized carbons (Fsp3) is 0.316. The van der Waals surface area contributed by atoms with E-state index in [1.165, 1.54) is 0 Å². The van der Waals surface area contributed by atoms with Crippen LogP contribution < -0.4 is 10.6 Å². The number of likely N-dealkylation sites (tertiary alicyclic amines) is 1. The molecule has 0 unspecified atom stereocenters. The second-order valence-corrected chi connectivity index (χ2v) is 6.63. The summed E-state index contributed by atoms with van der Waals surface area (Å²) < 4.78 is 0. The van der Waals surface area contributed by atoms with Crippen LogP contribution in [0.4, 0.5) is 11.4 Å². The fourth-order valence-electron chi connectivity index (χ4n) is 3.18. The summed E-state index contributed by atoms with van der Waals surface area (Å²) in [6.07, 6.45) is -0.368. The van der Waals surface area contributed by atoms with Crippen LogP contribution in [0.25, 0.3) is 11.1 Å². The minimum Gasteiger partial charge on any atom is -0.389 e. The van der Waals surface area contributed by atoms with Crippen molar-refractivity contribution >= 4 is 17.3 Å². The van der Waals surface area contributed by atoms with Gasteiger partial charge in [-0.1, -0.05) is 18.2 Å². The molecule has 1 amide bonds. The average molecular weight is 323 g/mol. The zero-order chi connectivity index (χ0) is 16.7. The minimum absolute atomic E-state index is 0.0165. The van der Waals surface area contributed by atoms with E-state index in [-0.39, 0.29) is 12.0 Å². The number of aliphatic hydroxyl groups excluding tert-OH is 1. The Kier molecular flexibility index (Phi) is 3.65. The summed E-state index contributed by atoms with van der Waals surface area (Å²) in [6.45, 7) is 3.92. The predicted octanol–water partition coefficient (Wildman–Crippen LogP) is 2.40. The summed E-state index contributed by atoms with van der Waals surface area (Å²) >= 11 is 0. The van der Waals surface area contributed by atoms with E-state index in [1.54, 1.807) is 4.90 Å². The minimum atomic E-state index is -0.368. The van der Waals surface area contributed by atoms with Crippen molar-refractivity contribution in [3.8, 4) is 11.1 Å². The molecule has 5 nitrogen and oxygen atoms in total. The van der Waals surface area contributed by atoms with Crippen LogP contribution >= 0.6 is 0 Å². The molecule has 0 aromatic heterocycles. The van der Waals surface area contributed by atoms with E-state index < -0.39 is 0 Å². The molecular weight excluding hydrogens is 302 g/mol. The number of carbonyl (C=O) groups is 1. The van der Waals surface area contributed by atoms with Gasteiger partial charge in [-0.15, -0.1) is 0 Å². The van der Waals surface area contributed by atoms with Crippen molar-refractivity contribution in [2.75, 3.05) is 30.3 Å². The maximum Gasteiger partial charge on any atom is 0.254 e. The monoisotopic (exact) mass is 323 g/mol. The van der Waals surface area contributed by atoms with Crippen LogP contribution in [0.3, 0.4) is 0 Å². The van der Waals surface area contributed by atoms with Crippen LogP contribution in [-0.2, 0) is 0 Å². The van der Waals surface area contributed by atoms with Gasteiger partial charge in [0.25, 0.3) is 5.91 Å². The number of carbonyl (C=O) groups excluding carboxylic acids is 1. The summed E-state index contributed by atoms with van der Waals surface area (Å²) in [7, 11) is 0. The number of β-amino-alcohol motifs (C(OH)–C–C–N with tert-alkyl or cyclic N) is 1. The van der Waals surface area contributed by atoms with Crippen molar-refractivity contribution in [1.82, 2.24) is 4.90 Å². The van der Waals surface area contributed by atoms with Crippen molar-refractivity contribution in [3.05, 3.63) is 48.0 Å². The molecule has 4 rings (SSSR count). The van der Waals surface area contributed by atoms with Gasteiger partial charge in [0.15, 0.2) is 0 Å². The maximum absolute atomic E-state index is 12.2. The van der Waals surface area contributed by atoms with Gasteiger partial charge in [0, 0.05) is 31.2 Å². The molecule has 3 N–H and O–H groups in total. The zero-order valence-electron chi connectivity index (χ0n) is 13.6. The van der Waals surface area contributed by atoms with Gasteiger partial charge >= 0.3 is 0 Å². The summed E-state index contributed by atoms with van der Waals surface area (Å²) in [6, 6.07) is 14.4. The van der Waals surface area contributed by atoms with E-state index in [2.05, 4.69) is 35.8 Å². The topological polar surface area (TPSA) is 64.6 Å². The highest BCUT2D eigenvalue weighted by Crippen LogP contribution is 2.31. The maximum atomic E-state index is 12.2. The predicted molar refractivity (Wildman–Crippen MR) is 95.4 cm³/mol. The molecule has 5 heteroatoms. The van der Waals surface area contributed by atoms with Gasteiger partial charge in [-0.25, -0.2) is 0 Å². The number of nitrogens with zero attached hydrogens (tertiary/aromatic N) is 1. The highest BCUT2D eigenvalue weighted by Gasteiger charge is 2.29. The first-order valence-electron chi connectivity index (χ1n) is 8.32. The third kappa shape index (κ3) is 2.71. The van der Waals surface area contributed by atoms with Crippen LogP contribution in [0.15, 0.2) is 42.5 Å². The number of fused-ring (bicyclic) bond motifs is 1. The lowest BCUT2D eigenvalue weighted by atomic mass is 10.0. The Bertz CT molecular complexity index is 767. The number of rotatable bonds is 2. The Morgan fingerprint density at radius 1 is 1.08 bits per heavy atom. The number of aliphatic hydroxyl groups is 1. The molecule has 0 aliphatic carbocycles. The quantitative estimate of drug-likeness (QED) is 0.794. The van der Waals surface area contributed by atoms with Gasteiger partial charge in [-0.2, -0.15) is 0 Å². The first-order valence-corrected chi connectivity index (χ1v) is 8.32. The lowest BCUT2D eigenvalue weighted by Gasteiger charge is -2.35. The number of benzene rings is 2. The normalized spacial score (nSPS) is 19.8. The third-order valence-electron chi connectivity index (χ3n) is 4.63. The molecule has 0 bridgehead atoms. The summed E-state index contributed by atoms with van der Waals surface area (Å²) in [4.78, 5) is 13.9. The Balaban J connectivity index is 1.54. The molecule has 2 aliphatic heterocycles. The zero-order valence-corrected chi connectivity index (χ0v) is 13.6. The van der Waals surface area contributed by atoms with Crippen molar-refractivity contribution < 1.29 is 9.90 Å². The lowest BCUT2D eigenvalue weighted by Crippen LogP contribution is -2.53. The Hall–Kier alpha value is -2.53. The largest absolute Gasteiger partial charge is 0.389 e. The second kappa shape index (κ2) is 5.83. The van der Waals surface area contributed by atoms with E-state index in [1.807, 2.05) is 24.3 Å². The highest BCUT2D eigenvalue weighted by molar-refractivity contribution is 5.95. The Morgan fingerprint density at radius 3 is 2.50 bits per heavy atom. The number of amides is 1. The Labute approximate surface area is 141 Å². The van der Waals surface area contributed by atoms with Crippen LogP contribution in [0, 0.1) is 0 Å². The molecule has 0 spiro atoms. The van der Waals surface area contributed by atoms with Gasteiger partial charge in [-0.3, -0.25) is 4.79 Å².